The highest BCUT2D eigenvalue weighted by atomic mass is 17.1. The molecule has 0 amide bonds. The molecule has 4 aliphatic carbocycles. The van der Waals surface area contributed by atoms with Crippen LogP contribution in [-0.4, -0.2) is 23.4 Å². The van der Waals surface area contributed by atoms with Crippen LogP contribution in [0.5, 0.6) is 0 Å². The summed E-state index contributed by atoms with van der Waals surface area (Å²) in [5.74, 6) is 2.35. The molecular weight excluding hydrogens is 448 g/mol. The van der Waals surface area contributed by atoms with Gasteiger partial charge in [0.05, 0.1) is 0 Å². The summed E-state index contributed by atoms with van der Waals surface area (Å²) in [6, 6.07) is 0. The number of fused-ring (bicyclic) bond motifs is 4. The van der Waals surface area contributed by atoms with E-state index in [1.807, 2.05) is 0 Å². The van der Waals surface area contributed by atoms with Gasteiger partial charge in [-0.1, -0.05) is 80.2 Å². The quantitative estimate of drug-likeness (QED) is 0.164. The molecule has 0 aliphatic heterocycles. The molecule has 0 aromatic carbocycles. The van der Waals surface area contributed by atoms with Gasteiger partial charge in [-0.25, -0.2) is 4.89 Å². The van der Waals surface area contributed by atoms with Crippen LogP contribution in [-0.2, 0) is 14.4 Å². The number of carbonyl (C=O) groups excluding carboxylic acids is 1. The fraction of sp³-hybridized carbons (Fsp3) is 0.906. The first-order valence-corrected chi connectivity index (χ1v) is 14.9. The van der Waals surface area contributed by atoms with Crippen molar-refractivity contribution in [2.75, 3.05) is 0 Å². The summed E-state index contributed by atoms with van der Waals surface area (Å²) in [4.78, 5) is 17.3. The minimum Gasteiger partial charge on any atom is -0.462 e. The standard InChI is InChI=1S/C32H54O4/c1-20(2)11-10-12-21(3)23-13-18-32(9)28-24(14-17-31(23,32)8)30(7)16-15-27(35-22(4)33)29(5,6)26(30)19-25(28)36-34/h20-21,23,25-27,34H,10-19H2,1-9H3/t21?,23-,25+,26+,27+,30-,31-,32+/m1/s1. The molecule has 0 spiro atoms. The number of esters is 1. The second-order valence-electron chi connectivity index (χ2n) is 14.8. The Bertz CT molecular complexity index is 873. The van der Waals surface area contributed by atoms with E-state index in [0.29, 0.717) is 5.92 Å². The largest absolute Gasteiger partial charge is 0.462 e. The SMILES string of the molecule is CC(=O)O[C@H]1CC[C@]2(C)C3=C([C@@H](OO)C[C@H]2C1(C)C)[C@]1(C)CC[C@H](C(C)CCCC(C)C)[C@@]1(C)CC3. The number of carbonyl (C=O) groups is 1. The van der Waals surface area contributed by atoms with Gasteiger partial charge in [-0.05, 0) is 90.4 Å². The van der Waals surface area contributed by atoms with Crippen LogP contribution in [0.2, 0.25) is 0 Å². The molecule has 0 radical (unpaired) electrons. The van der Waals surface area contributed by atoms with Crippen LogP contribution < -0.4 is 0 Å². The van der Waals surface area contributed by atoms with Crippen molar-refractivity contribution in [1.29, 1.82) is 0 Å². The number of hydrogen-bond donors (Lipinski definition) is 1. The Morgan fingerprint density at radius 3 is 2.33 bits per heavy atom. The third-order valence-electron chi connectivity index (χ3n) is 12.3. The van der Waals surface area contributed by atoms with Gasteiger partial charge in [0.2, 0.25) is 0 Å². The Morgan fingerprint density at radius 2 is 1.72 bits per heavy atom. The fourth-order valence-electron chi connectivity index (χ4n) is 10.1. The summed E-state index contributed by atoms with van der Waals surface area (Å²) in [6.07, 6.45) is 11.2. The Hall–Kier alpha value is -0.870. The van der Waals surface area contributed by atoms with Crippen molar-refractivity contribution in [3.63, 3.8) is 0 Å². The lowest BCUT2D eigenvalue weighted by Crippen LogP contribution is -2.58. The normalized spacial score (nSPS) is 42.5. The second kappa shape index (κ2) is 9.70. The lowest BCUT2D eigenvalue weighted by molar-refractivity contribution is -0.286. The molecule has 4 rings (SSSR count). The average molecular weight is 503 g/mol. The third-order valence-corrected chi connectivity index (χ3v) is 12.3. The summed E-state index contributed by atoms with van der Waals surface area (Å²) < 4.78 is 5.84. The van der Waals surface area contributed by atoms with Crippen LogP contribution in [0.3, 0.4) is 0 Å². The first-order chi connectivity index (χ1) is 16.7. The van der Waals surface area contributed by atoms with Gasteiger partial charge in [0.25, 0.3) is 0 Å². The molecule has 2 fully saturated rings. The van der Waals surface area contributed by atoms with Crippen LogP contribution in [0.15, 0.2) is 11.1 Å². The van der Waals surface area contributed by atoms with Crippen LogP contribution in [0.25, 0.3) is 0 Å². The molecule has 0 aromatic rings. The maximum absolute atomic E-state index is 11.9. The molecule has 206 valence electrons. The van der Waals surface area contributed by atoms with E-state index in [9.17, 15) is 10.1 Å². The highest BCUT2D eigenvalue weighted by molar-refractivity contribution is 5.66. The molecule has 4 nitrogen and oxygen atoms in total. The van der Waals surface area contributed by atoms with Crippen molar-refractivity contribution in [2.45, 2.75) is 139 Å². The summed E-state index contributed by atoms with van der Waals surface area (Å²) in [6.45, 7) is 20.8. The van der Waals surface area contributed by atoms with Crippen molar-refractivity contribution >= 4 is 5.97 Å². The Labute approximate surface area is 220 Å². The van der Waals surface area contributed by atoms with Crippen LogP contribution in [0, 0.1) is 45.3 Å². The Kier molecular flexibility index (Phi) is 7.59. The minimum atomic E-state index is -0.256. The van der Waals surface area contributed by atoms with Gasteiger partial charge in [-0.2, -0.15) is 0 Å². The number of ether oxygens (including phenoxy) is 1. The van der Waals surface area contributed by atoms with E-state index in [2.05, 4.69) is 55.4 Å². The highest BCUT2D eigenvalue weighted by Crippen LogP contribution is 2.72. The predicted octanol–water partition coefficient (Wildman–Crippen LogP) is 8.60. The molecule has 4 heteroatoms. The maximum Gasteiger partial charge on any atom is 0.302 e. The monoisotopic (exact) mass is 502 g/mol. The Balaban J connectivity index is 1.69. The molecule has 4 aliphatic rings. The topological polar surface area (TPSA) is 55.8 Å². The third kappa shape index (κ3) is 4.21. The van der Waals surface area contributed by atoms with Gasteiger partial charge in [-0.3, -0.25) is 10.1 Å². The van der Waals surface area contributed by atoms with Gasteiger partial charge in [-0.15, -0.1) is 0 Å². The molecule has 2 saturated carbocycles. The van der Waals surface area contributed by atoms with Crippen LogP contribution >= 0.6 is 0 Å². The van der Waals surface area contributed by atoms with Gasteiger partial charge >= 0.3 is 5.97 Å². The summed E-state index contributed by atoms with van der Waals surface area (Å²) in [7, 11) is 0. The lowest BCUT2D eigenvalue weighted by atomic mass is 9.42. The molecule has 0 heterocycles. The highest BCUT2D eigenvalue weighted by Gasteiger charge is 2.65. The maximum atomic E-state index is 11.9. The fourth-order valence-corrected chi connectivity index (χ4v) is 10.1. The molecule has 1 N–H and O–H groups in total. The van der Waals surface area contributed by atoms with E-state index in [1.54, 1.807) is 5.57 Å². The van der Waals surface area contributed by atoms with Crippen molar-refractivity contribution in [3.05, 3.63) is 11.1 Å². The van der Waals surface area contributed by atoms with E-state index >= 15 is 0 Å². The van der Waals surface area contributed by atoms with E-state index in [-0.39, 0.29) is 39.8 Å². The summed E-state index contributed by atoms with van der Waals surface area (Å²) in [5.41, 5.74) is 3.22. The molecular formula is C32H54O4. The first kappa shape index (κ1) is 28.1. The molecule has 0 aromatic heterocycles. The molecule has 1 unspecified atom stereocenters. The second-order valence-corrected chi connectivity index (χ2v) is 14.8. The molecule has 8 atom stereocenters. The van der Waals surface area contributed by atoms with Gasteiger partial charge in [0.1, 0.15) is 12.2 Å². The zero-order valence-electron chi connectivity index (χ0n) is 24.7. The number of hydrogen-bond acceptors (Lipinski definition) is 4. The van der Waals surface area contributed by atoms with Gasteiger partial charge in [0, 0.05) is 12.3 Å². The smallest absolute Gasteiger partial charge is 0.302 e. The predicted molar refractivity (Wildman–Crippen MR) is 145 cm³/mol. The van der Waals surface area contributed by atoms with E-state index in [1.165, 1.54) is 51.0 Å². The number of allylic oxidation sites excluding steroid dienone is 1. The zero-order valence-corrected chi connectivity index (χ0v) is 24.7. The molecule has 0 bridgehead atoms. The number of rotatable bonds is 7. The lowest BCUT2D eigenvalue weighted by Gasteiger charge is -2.63. The van der Waals surface area contributed by atoms with Crippen molar-refractivity contribution in [1.82, 2.24) is 0 Å². The van der Waals surface area contributed by atoms with Crippen molar-refractivity contribution in [2.24, 2.45) is 45.3 Å². The van der Waals surface area contributed by atoms with Crippen LogP contribution in [0.4, 0.5) is 0 Å². The van der Waals surface area contributed by atoms with E-state index in [0.717, 1.165) is 43.4 Å². The molecule has 0 saturated heterocycles. The Morgan fingerprint density at radius 1 is 1.03 bits per heavy atom. The average Bonchev–Trinajstić information content (AvgIpc) is 3.06. The summed E-state index contributed by atoms with van der Waals surface area (Å²) in [5, 5.41) is 10.3. The zero-order chi connectivity index (χ0) is 26.7. The minimum absolute atomic E-state index is 0.0653. The molecule has 36 heavy (non-hydrogen) atoms. The van der Waals surface area contributed by atoms with Crippen LogP contribution in [0.1, 0.15) is 127 Å². The van der Waals surface area contributed by atoms with Gasteiger partial charge in [0.15, 0.2) is 0 Å². The van der Waals surface area contributed by atoms with Gasteiger partial charge < -0.3 is 4.74 Å². The van der Waals surface area contributed by atoms with E-state index in [4.69, 9.17) is 9.62 Å². The van der Waals surface area contributed by atoms with Crippen molar-refractivity contribution in [3.8, 4) is 0 Å². The summed E-state index contributed by atoms with van der Waals surface area (Å²) >= 11 is 0. The van der Waals surface area contributed by atoms with Crippen molar-refractivity contribution < 1.29 is 19.7 Å². The van der Waals surface area contributed by atoms with E-state index < -0.39 is 0 Å². The first-order valence-electron chi connectivity index (χ1n) is 14.9.